The Bertz CT molecular complexity index is 1070. The van der Waals surface area contributed by atoms with Crippen LogP contribution < -0.4 is 14.8 Å². The van der Waals surface area contributed by atoms with Crippen LogP contribution in [-0.2, 0) is 17.9 Å². The number of hydrogen-bond donors (Lipinski definition) is 2. The highest BCUT2D eigenvalue weighted by Gasteiger charge is 2.14. The summed E-state index contributed by atoms with van der Waals surface area (Å²) in [7, 11) is 0. The molecule has 4 rings (SSSR count). The van der Waals surface area contributed by atoms with Crippen LogP contribution in [0.15, 0.2) is 42.5 Å². The van der Waals surface area contributed by atoms with Gasteiger partial charge < -0.3 is 14.8 Å². The van der Waals surface area contributed by atoms with Gasteiger partial charge in [-0.25, -0.2) is 0 Å². The molecular formula is C20H20N4O3S. The van der Waals surface area contributed by atoms with Gasteiger partial charge in [0.25, 0.3) is 0 Å². The lowest BCUT2D eigenvalue weighted by Gasteiger charge is -2.19. The summed E-state index contributed by atoms with van der Waals surface area (Å²) in [5.41, 5.74) is 2.96. The van der Waals surface area contributed by atoms with E-state index in [9.17, 15) is 4.79 Å². The molecule has 1 amide bonds. The van der Waals surface area contributed by atoms with Crippen molar-refractivity contribution in [1.29, 1.82) is 0 Å². The fraction of sp³-hybridized carbons (Fsp3) is 0.250. The first-order valence-electron chi connectivity index (χ1n) is 8.97. The van der Waals surface area contributed by atoms with Crippen molar-refractivity contribution in [3.05, 3.63) is 58.4 Å². The normalized spacial score (nSPS) is 12.6. The van der Waals surface area contributed by atoms with Gasteiger partial charge in [-0.15, -0.1) is 0 Å². The number of nitrogens with one attached hydrogen (secondary N) is 2. The number of hydrogen-bond acceptors (Lipinski definition) is 5. The zero-order valence-corrected chi connectivity index (χ0v) is 16.2. The Morgan fingerprint density at radius 2 is 2.04 bits per heavy atom. The number of carbonyl (C=O) groups excluding carboxylic acids is 1. The van der Waals surface area contributed by atoms with Gasteiger partial charge in [0, 0.05) is 12.1 Å². The first-order chi connectivity index (χ1) is 13.6. The highest BCUT2D eigenvalue weighted by Crippen LogP contribution is 2.30. The second kappa shape index (κ2) is 7.85. The molecule has 2 aromatic carbocycles. The zero-order chi connectivity index (χ0) is 19.5. The first-order valence-corrected chi connectivity index (χ1v) is 9.38. The predicted molar refractivity (Wildman–Crippen MR) is 107 cm³/mol. The Balaban J connectivity index is 1.45. The van der Waals surface area contributed by atoms with Crippen molar-refractivity contribution in [2.24, 2.45) is 0 Å². The first kappa shape index (κ1) is 18.2. The molecule has 0 fully saturated rings. The number of rotatable bonds is 5. The highest BCUT2D eigenvalue weighted by atomic mass is 32.1. The molecule has 1 aromatic heterocycles. The molecule has 0 aliphatic carbocycles. The number of nitrogens with zero attached hydrogens (tertiary/aromatic N) is 2. The maximum atomic E-state index is 12.5. The van der Waals surface area contributed by atoms with Crippen molar-refractivity contribution in [2.75, 3.05) is 13.2 Å². The standard InChI is InChI=1S/C20H20N4O3S/c1-13-3-2-4-15(9-13)19-22-23-20(28)24(19)12-18(25)21-11-14-5-6-16-17(10-14)27-8-7-26-16/h2-6,9-10H,7-8,11-12H2,1H3,(H,21,25)(H,23,28). The third-order valence-electron chi connectivity index (χ3n) is 4.43. The van der Waals surface area contributed by atoms with E-state index in [1.807, 2.05) is 49.4 Å². The van der Waals surface area contributed by atoms with E-state index in [-0.39, 0.29) is 12.5 Å². The fourth-order valence-corrected chi connectivity index (χ4v) is 3.26. The summed E-state index contributed by atoms with van der Waals surface area (Å²) < 4.78 is 13.2. The summed E-state index contributed by atoms with van der Waals surface area (Å²) in [5.74, 6) is 1.93. The van der Waals surface area contributed by atoms with Crippen LogP contribution >= 0.6 is 12.2 Å². The topological polar surface area (TPSA) is 81.2 Å². The number of benzene rings is 2. The minimum absolute atomic E-state index is 0.0865. The van der Waals surface area contributed by atoms with Crippen LogP contribution in [0.3, 0.4) is 0 Å². The van der Waals surface area contributed by atoms with Gasteiger partial charge in [0.2, 0.25) is 5.91 Å². The van der Waals surface area contributed by atoms with E-state index >= 15 is 0 Å². The molecule has 1 aliphatic rings. The molecule has 2 heterocycles. The Morgan fingerprint density at radius 3 is 2.86 bits per heavy atom. The summed E-state index contributed by atoms with van der Waals surface area (Å²) >= 11 is 5.30. The lowest BCUT2D eigenvalue weighted by molar-refractivity contribution is -0.121. The van der Waals surface area contributed by atoms with Crippen molar-refractivity contribution in [3.8, 4) is 22.9 Å². The third kappa shape index (κ3) is 3.91. The molecule has 8 heteroatoms. The second-order valence-corrected chi connectivity index (χ2v) is 6.95. The van der Waals surface area contributed by atoms with Crippen molar-refractivity contribution in [1.82, 2.24) is 20.1 Å². The quantitative estimate of drug-likeness (QED) is 0.648. The number of amides is 1. The van der Waals surface area contributed by atoms with Gasteiger partial charge in [0.15, 0.2) is 22.1 Å². The largest absolute Gasteiger partial charge is 0.486 e. The molecule has 0 bridgehead atoms. The van der Waals surface area contributed by atoms with E-state index in [0.29, 0.717) is 36.1 Å². The lowest BCUT2D eigenvalue weighted by atomic mass is 10.1. The molecule has 0 atom stereocenters. The molecule has 144 valence electrons. The van der Waals surface area contributed by atoms with E-state index in [2.05, 4.69) is 15.5 Å². The Kier molecular flexibility index (Phi) is 5.12. The molecule has 0 saturated carbocycles. The van der Waals surface area contributed by atoms with Gasteiger partial charge in [-0.05, 0) is 42.9 Å². The van der Waals surface area contributed by atoms with Gasteiger partial charge in [-0.2, -0.15) is 5.10 Å². The van der Waals surface area contributed by atoms with Gasteiger partial charge >= 0.3 is 0 Å². The van der Waals surface area contributed by atoms with Gasteiger partial charge in [-0.1, -0.05) is 29.8 Å². The number of ether oxygens (including phenoxy) is 2. The molecular weight excluding hydrogens is 376 g/mol. The van der Waals surface area contributed by atoms with Crippen molar-refractivity contribution in [2.45, 2.75) is 20.0 Å². The summed E-state index contributed by atoms with van der Waals surface area (Å²) in [5, 5.41) is 9.97. The van der Waals surface area contributed by atoms with Crippen LogP contribution in [0.4, 0.5) is 0 Å². The van der Waals surface area contributed by atoms with Gasteiger partial charge in [-0.3, -0.25) is 14.5 Å². The molecule has 0 saturated heterocycles. The average Bonchev–Trinajstić information content (AvgIpc) is 3.06. The molecule has 0 radical (unpaired) electrons. The van der Waals surface area contributed by atoms with Crippen LogP contribution in [-0.4, -0.2) is 33.9 Å². The Labute approximate surface area is 167 Å². The van der Waals surface area contributed by atoms with Crippen LogP contribution in [0.1, 0.15) is 11.1 Å². The summed E-state index contributed by atoms with van der Waals surface area (Å²) in [6, 6.07) is 13.6. The molecule has 3 aromatic rings. The number of carbonyl (C=O) groups is 1. The lowest BCUT2D eigenvalue weighted by Crippen LogP contribution is -2.27. The summed E-state index contributed by atoms with van der Waals surface area (Å²) in [6.07, 6.45) is 0. The molecule has 28 heavy (non-hydrogen) atoms. The van der Waals surface area contributed by atoms with E-state index in [4.69, 9.17) is 21.7 Å². The minimum atomic E-state index is -0.152. The molecule has 0 unspecified atom stereocenters. The number of fused-ring (bicyclic) bond motifs is 1. The van der Waals surface area contributed by atoms with Crippen molar-refractivity contribution < 1.29 is 14.3 Å². The maximum absolute atomic E-state index is 12.5. The van der Waals surface area contributed by atoms with E-state index in [0.717, 1.165) is 22.4 Å². The van der Waals surface area contributed by atoms with Crippen molar-refractivity contribution in [3.63, 3.8) is 0 Å². The number of H-pyrrole nitrogens is 1. The number of aromatic amines is 1. The highest BCUT2D eigenvalue weighted by molar-refractivity contribution is 7.71. The van der Waals surface area contributed by atoms with E-state index in [1.165, 1.54) is 0 Å². The van der Waals surface area contributed by atoms with Crippen molar-refractivity contribution >= 4 is 18.1 Å². The minimum Gasteiger partial charge on any atom is -0.486 e. The number of aryl methyl sites for hydroxylation is 1. The summed E-state index contributed by atoms with van der Waals surface area (Å²) in [6.45, 7) is 3.57. The molecule has 2 N–H and O–H groups in total. The molecule has 0 spiro atoms. The number of aromatic nitrogens is 3. The molecule has 1 aliphatic heterocycles. The Morgan fingerprint density at radius 1 is 1.21 bits per heavy atom. The molecule has 7 nitrogen and oxygen atoms in total. The van der Waals surface area contributed by atoms with E-state index in [1.54, 1.807) is 4.57 Å². The Hall–Kier alpha value is -3.13. The van der Waals surface area contributed by atoms with Crippen LogP contribution in [0.5, 0.6) is 11.5 Å². The van der Waals surface area contributed by atoms with Crippen LogP contribution in [0, 0.1) is 11.7 Å². The summed E-state index contributed by atoms with van der Waals surface area (Å²) in [4.78, 5) is 12.5. The van der Waals surface area contributed by atoms with E-state index < -0.39 is 0 Å². The SMILES string of the molecule is Cc1cccc(-c2n[nH]c(=S)n2CC(=O)NCc2ccc3c(c2)OCCO3)c1. The maximum Gasteiger partial charge on any atom is 0.240 e. The predicted octanol–water partition coefficient (Wildman–Crippen LogP) is 3.00. The van der Waals surface area contributed by atoms with Crippen LogP contribution in [0.2, 0.25) is 0 Å². The van der Waals surface area contributed by atoms with Gasteiger partial charge in [0.1, 0.15) is 19.8 Å². The second-order valence-electron chi connectivity index (χ2n) is 6.56. The smallest absolute Gasteiger partial charge is 0.240 e. The monoisotopic (exact) mass is 396 g/mol. The zero-order valence-electron chi connectivity index (χ0n) is 15.4. The van der Waals surface area contributed by atoms with Gasteiger partial charge in [0.05, 0.1) is 0 Å². The fourth-order valence-electron chi connectivity index (χ4n) is 3.07. The average molecular weight is 396 g/mol. The third-order valence-corrected chi connectivity index (χ3v) is 4.74. The van der Waals surface area contributed by atoms with Crippen LogP contribution in [0.25, 0.3) is 11.4 Å².